The number of hydrogen-bond donors (Lipinski definition) is 2. The van der Waals surface area contributed by atoms with Crippen LogP contribution in [0.5, 0.6) is 0 Å². The lowest BCUT2D eigenvalue weighted by Gasteiger charge is -2.04. The number of carbonyl (C=O) groups excluding carboxylic acids is 1. The van der Waals surface area contributed by atoms with Crippen molar-refractivity contribution in [1.82, 2.24) is 4.98 Å². The molecule has 0 radical (unpaired) electrons. The van der Waals surface area contributed by atoms with E-state index in [1.807, 2.05) is 6.92 Å². The van der Waals surface area contributed by atoms with Gasteiger partial charge in [-0.1, -0.05) is 0 Å². The average molecular weight is 344 g/mol. The Morgan fingerprint density at radius 3 is 2.52 bits per heavy atom. The normalized spacial score (nSPS) is 11.3. The number of nitrogens with one attached hydrogen (secondary N) is 2. The maximum atomic E-state index is 12.0. The smallest absolute Gasteiger partial charge is 0.340 e. The van der Waals surface area contributed by atoms with E-state index < -0.39 is 4.92 Å². The van der Waals surface area contributed by atoms with Crippen molar-refractivity contribution >= 4 is 23.1 Å². The van der Waals surface area contributed by atoms with Crippen LogP contribution >= 0.6 is 0 Å². The molecule has 0 aliphatic heterocycles. The Kier molecular flexibility index (Phi) is 5.53. The Balaban J connectivity index is 2.21. The van der Waals surface area contributed by atoms with Gasteiger partial charge < -0.3 is 9.72 Å². The fourth-order valence-corrected chi connectivity index (χ4v) is 2.48. The predicted molar refractivity (Wildman–Crippen MR) is 95.2 cm³/mol. The SMILES string of the molecule is CCOC(=O)c1c(C)[nH]c(C(C)=NNc2ccc([N+](=O)[O-])cc2)c1C. The maximum absolute atomic E-state index is 12.0. The number of esters is 1. The number of ether oxygens (including phenoxy) is 1. The molecule has 0 unspecified atom stereocenters. The first-order chi connectivity index (χ1) is 11.8. The molecule has 25 heavy (non-hydrogen) atoms. The second kappa shape index (κ2) is 7.61. The molecule has 0 saturated carbocycles. The van der Waals surface area contributed by atoms with Gasteiger partial charge in [-0.3, -0.25) is 15.5 Å². The molecule has 0 aliphatic rings. The average Bonchev–Trinajstić information content (AvgIpc) is 2.88. The summed E-state index contributed by atoms with van der Waals surface area (Å²) < 4.78 is 5.07. The van der Waals surface area contributed by atoms with E-state index in [0.29, 0.717) is 23.6 Å². The minimum Gasteiger partial charge on any atom is -0.462 e. The van der Waals surface area contributed by atoms with Crippen molar-refractivity contribution in [1.29, 1.82) is 0 Å². The summed E-state index contributed by atoms with van der Waals surface area (Å²) in [5.41, 5.74) is 6.86. The van der Waals surface area contributed by atoms with Gasteiger partial charge in [-0.25, -0.2) is 4.79 Å². The van der Waals surface area contributed by atoms with Gasteiger partial charge in [0.05, 0.1) is 34.2 Å². The summed E-state index contributed by atoms with van der Waals surface area (Å²) in [6.45, 7) is 7.51. The van der Waals surface area contributed by atoms with Crippen LogP contribution < -0.4 is 5.43 Å². The van der Waals surface area contributed by atoms with Crippen LogP contribution in [-0.4, -0.2) is 28.2 Å². The van der Waals surface area contributed by atoms with E-state index in [0.717, 1.165) is 17.0 Å². The Morgan fingerprint density at radius 1 is 1.32 bits per heavy atom. The number of carbonyl (C=O) groups is 1. The van der Waals surface area contributed by atoms with Crippen molar-refractivity contribution in [2.24, 2.45) is 5.10 Å². The number of nitro groups is 1. The molecule has 0 amide bonds. The summed E-state index contributed by atoms with van der Waals surface area (Å²) in [5.74, 6) is -0.365. The molecule has 8 nitrogen and oxygen atoms in total. The largest absolute Gasteiger partial charge is 0.462 e. The van der Waals surface area contributed by atoms with Crippen LogP contribution in [0, 0.1) is 24.0 Å². The molecule has 1 heterocycles. The van der Waals surface area contributed by atoms with E-state index in [2.05, 4.69) is 15.5 Å². The van der Waals surface area contributed by atoms with Crippen molar-refractivity contribution in [3.8, 4) is 0 Å². The lowest BCUT2D eigenvalue weighted by Crippen LogP contribution is -2.07. The van der Waals surface area contributed by atoms with Crippen LogP contribution in [0.25, 0.3) is 0 Å². The van der Waals surface area contributed by atoms with E-state index in [4.69, 9.17) is 4.74 Å². The summed E-state index contributed by atoms with van der Waals surface area (Å²) in [5, 5.41) is 14.9. The van der Waals surface area contributed by atoms with Crippen molar-refractivity contribution in [3.05, 3.63) is 56.9 Å². The number of aromatic nitrogens is 1. The second-order valence-corrected chi connectivity index (χ2v) is 5.46. The van der Waals surface area contributed by atoms with Gasteiger partial charge in [0, 0.05) is 17.8 Å². The van der Waals surface area contributed by atoms with Gasteiger partial charge in [-0.15, -0.1) is 0 Å². The van der Waals surface area contributed by atoms with Crippen molar-refractivity contribution in [2.75, 3.05) is 12.0 Å². The topological polar surface area (TPSA) is 110 Å². The molecule has 0 fully saturated rings. The van der Waals surface area contributed by atoms with Gasteiger partial charge in [0.1, 0.15) is 0 Å². The number of non-ortho nitro benzene ring substituents is 1. The molecule has 0 saturated heterocycles. The predicted octanol–water partition coefficient (Wildman–Crippen LogP) is 3.55. The number of nitro benzene ring substituents is 1. The lowest BCUT2D eigenvalue weighted by molar-refractivity contribution is -0.384. The Morgan fingerprint density at radius 2 is 1.96 bits per heavy atom. The number of aromatic amines is 1. The fraction of sp³-hybridized carbons (Fsp3) is 0.294. The molecule has 0 bridgehead atoms. The van der Waals surface area contributed by atoms with E-state index in [1.165, 1.54) is 12.1 Å². The number of nitrogens with zero attached hydrogens (tertiary/aromatic N) is 2. The van der Waals surface area contributed by atoms with Crippen LogP contribution in [0.1, 0.15) is 41.2 Å². The number of H-pyrrole nitrogens is 1. The van der Waals surface area contributed by atoms with Gasteiger partial charge in [-0.05, 0) is 45.4 Å². The molecule has 132 valence electrons. The zero-order chi connectivity index (χ0) is 18.6. The molecule has 1 aromatic heterocycles. The van der Waals surface area contributed by atoms with Crippen LogP contribution in [-0.2, 0) is 4.74 Å². The standard InChI is InChI=1S/C17H20N4O4/c1-5-25-17(22)15-10(2)16(18-11(15)3)12(4)19-20-13-6-8-14(9-7-13)21(23)24/h6-9,18,20H,5H2,1-4H3. The van der Waals surface area contributed by atoms with Gasteiger partial charge in [0.25, 0.3) is 5.69 Å². The number of hydrazone groups is 1. The highest BCUT2D eigenvalue weighted by molar-refractivity contribution is 6.03. The lowest BCUT2D eigenvalue weighted by atomic mass is 10.1. The van der Waals surface area contributed by atoms with Crippen LogP contribution in [0.4, 0.5) is 11.4 Å². The van der Waals surface area contributed by atoms with E-state index in [-0.39, 0.29) is 11.7 Å². The first-order valence-corrected chi connectivity index (χ1v) is 7.76. The van der Waals surface area contributed by atoms with Crippen LogP contribution in [0.2, 0.25) is 0 Å². The number of rotatable bonds is 6. The van der Waals surface area contributed by atoms with Crippen LogP contribution in [0.3, 0.4) is 0 Å². The first kappa shape index (κ1) is 18.2. The highest BCUT2D eigenvalue weighted by atomic mass is 16.6. The molecule has 0 spiro atoms. The highest BCUT2D eigenvalue weighted by Crippen LogP contribution is 2.20. The van der Waals surface area contributed by atoms with Crippen molar-refractivity contribution < 1.29 is 14.5 Å². The maximum Gasteiger partial charge on any atom is 0.340 e. The number of benzene rings is 1. The summed E-state index contributed by atoms with van der Waals surface area (Å²) in [6, 6.07) is 5.95. The van der Waals surface area contributed by atoms with E-state index in [9.17, 15) is 14.9 Å². The summed E-state index contributed by atoms with van der Waals surface area (Å²) in [6.07, 6.45) is 0. The Hall–Kier alpha value is -3.16. The minimum absolute atomic E-state index is 0.0150. The summed E-state index contributed by atoms with van der Waals surface area (Å²) in [7, 11) is 0. The molecule has 8 heteroatoms. The molecule has 2 rings (SSSR count). The molecule has 0 atom stereocenters. The zero-order valence-corrected chi connectivity index (χ0v) is 14.5. The van der Waals surface area contributed by atoms with Gasteiger partial charge in [-0.2, -0.15) is 5.10 Å². The zero-order valence-electron chi connectivity index (χ0n) is 14.5. The van der Waals surface area contributed by atoms with Crippen molar-refractivity contribution in [2.45, 2.75) is 27.7 Å². The van der Waals surface area contributed by atoms with Gasteiger partial charge >= 0.3 is 5.97 Å². The third kappa shape index (κ3) is 4.03. The number of aryl methyl sites for hydroxylation is 1. The molecule has 2 aromatic rings. The quantitative estimate of drug-likeness (QED) is 0.360. The minimum atomic E-state index is -0.458. The molecule has 1 aromatic carbocycles. The molecular weight excluding hydrogens is 324 g/mol. The van der Waals surface area contributed by atoms with E-state index in [1.54, 1.807) is 32.9 Å². The Labute approximate surface area is 145 Å². The highest BCUT2D eigenvalue weighted by Gasteiger charge is 2.20. The fourth-order valence-electron chi connectivity index (χ4n) is 2.48. The number of hydrogen-bond acceptors (Lipinski definition) is 6. The molecule has 2 N–H and O–H groups in total. The third-order valence-corrected chi connectivity index (χ3v) is 3.71. The monoisotopic (exact) mass is 344 g/mol. The van der Waals surface area contributed by atoms with Crippen molar-refractivity contribution in [3.63, 3.8) is 0 Å². The van der Waals surface area contributed by atoms with E-state index >= 15 is 0 Å². The summed E-state index contributed by atoms with van der Waals surface area (Å²) in [4.78, 5) is 25.4. The summed E-state index contributed by atoms with van der Waals surface area (Å²) >= 11 is 0. The first-order valence-electron chi connectivity index (χ1n) is 7.76. The van der Waals surface area contributed by atoms with Gasteiger partial charge in [0.2, 0.25) is 0 Å². The third-order valence-electron chi connectivity index (χ3n) is 3.71. The second-order valence-electron chi connectivity index (χ2n) is 5.46. The van der Waals surface area contributed by atoms with Crippen LogP contribution in [0.15, 0.2) is 29.4 Å². The molecule has 0 aliphatic carbocycles. The number of anilines is 1. The Bertz CT molecular complexity index is 822. The van der Waals surface area contributed by atoms with Gasteiger partial charge in [0.15, 0.2) is 0 Å². The molecular formula is C17H20N4O4.